The Bertz CT molecular complexity index is 1560. The molecule has 0 N–H and O–H groups in total. The Labute approximate surface area is 476 Å². The predicted molar refractivity (Wildman–Crippen MR) is 334 cm³/mol. The number of esters is 3. The molecule has 0 amide bonds. The summed E-state index contributed by atoms with van der Waals surface area (Å²) in [5, 5.41) is 0. The molecule has 1 atom stereocenters. The summed E-state index contributed by atoms with van der Waals surface area (Å²) in [5.74, 6) is -0.909. The molecule has 0 heterocycles. The van der Waals surface area contributed by atoms with E-state index in [-0.39, 0.29) is 31.1 Å². The standard InChI is InChI=1S/C71H120O6/c1-4-7-10-13-16-19-22-24-25-26-27-28-29-30-31-32-33-34-35-36-37-38-39-40-41-42-43-44-45-47-49-52-55-58-61-64-70(73)76-67-68(66-75-69(72)63-60-57-54-51-48-21-18-15-12-9-6-3)77-71(74)65-62-59-56-53-50-46-23-20-17-14-11-8-5-2/h7-8,10-11,16-17,19-20,24-25,27-28,30-31,33-34,46,50,68H,4-6,9,12-15,18,21-23,26,29,32,35-45,47-49,51-67H2,1-3H3/b10-7-,11-8-,19-16-,20-17-,25-24-,28-27-,31-30-,34-33-,50-46-. The first-order valence-electron chi connectivity index (χ1n) is 32.4. The van der Waals surface area contributed by atoms with Crippen molar-refractivity contribution in [2.75, 3.05) is 13.2 Å². The van der Waals surface area contributed by atoms with Gasteiger partial charge in [-0.2, -0.15) is 0 Å². The van der Waals surface area contributed by atoms with E-state index in [0.717, 1.165) is 122 Å². The van der Waals surface area contributed by atoms with Gasteiger partial charge in [-0.05, 0) is 103 Å². The van der Waals surface area contributed by atoms with Crippen LogP contribution >= 0.6 is 0 Å². The van der Waals surface area contributed by atoms with Crippen molar-refractivity contribution >= 4 is 17.9 Å². The minimum Gasteiger partial charge on any atom is -0.462 e. The van der Waals surface area contributed by atoms with Gasteiger partial charge in [0.05, 0.1) is 0 Å². The van der Waals surface area contributed by atoms with Crippen LogP contribution in [0.5, 0.6) is 0 Å². The van der Waals surface area contributed by atoms with Crippen molar-refractivity contribution in [3.63, 3.8) is 0 Å². The largest absolute Gasteiger partial charge is 0.462 e. The number of carbonyl (C=O) groups is 3. The zero-order valence-corrected chi connectivity index (χ0v) is 50.4. The maximum Gasteiger partial charge on any atom is 0.306 e. The number of ether oxygens (including phenoxy) is 3. The number of hydrogen-bond donors (Lipinski definition) is 0. The van der Waals surface area contributed by atoms with Crippen LogP contribution in [0.25, 0.3) is 0 Å². The van der Waals surface area contributed by atoms with E-state index in [1.165, 1.54) is 141 Å². The lowest BCUT2D eigenvalue weighted by Gasteiger charge is -2.18. The highest BCUT2D eigenvalue weighted by Crippen LogP contribution is 2.16. The Hall–Kier alpha value is -3.93. The molecule has 0 aliphatic carbocycles. The first-order valence-corrected chi connectivity index (χ1v) is 32.4. The molecule has 0 rings (SSSR count). The zero-order valence-electron chi connectivity index (χ0n) is 50.4. The van der Waals surface area contributed by atoms with Gasteiger partial charge in [0.2, 0.25) is 0 Å². The van der Waals surface area contributed by atoms with Crippen molar-refractivity contribution < 1.29 is 28.6 Å². The van der Waals surface area contributed by atoms with E-state index in [1.54, 1.807) is 0 Å². The summed E-state index contributed by atoms with van der Waals surface area (Å²) in [4.78, 5) is 38.1. The van der Waals surface area contributed by atoms with Gasteiger partial charge in [-0.25, -0.2) is 0 Å². The summed E-state index contributed by atoms with van der Waals surface area (Å²) in [6.45, 7) is 6.39. The van der Waals surface area contributed by atoms with Crippen LogP contribution in [0.4, 0.5) is 0 Å². The van der Waals surface area contributed by atoms with E-state index >= 15 is 0 Å². The van der Waals surface area contributed by atoms with E-state index in [9.17, 15) is 14.4 Å². The van der Waals surface area contributed by atoms with Gasteiger partial charge in [0.15, 0.2) is 6.10 Å². The summed E-state index contributed by atoms with van der Waals surface area (Å²) in [6, 6.07) is 0. The van der Waals surface area contributed by atoms with Gasteiger partial charge in [0.25, 0.3) is 0 Å². The second kappa shape index (κ2) is 64.6. The number of rotatable bonds is 58. The smallest absolute Gasteiger partial charge is 0.306 e. The minimum absolute atomic E-state index is 0.0860. The molecule has 0 saturated heterocycles. The molecule has 0 bridgehead atoms. The van der Waals surface area contributed by atoms with Gasteiger partial charge < -0.3 is 14.2 Å². The normalized spacial score (nSPS) is 12.8. The van der Waals surface area contributed by atoms with Gasteiger partial charge in [-0.3, -0.25) is 14.4 Å². The Morgan fingerprint density at radius 1 is 0.273 bits per heavy atom. The average Bonchev–Trinajstić information content (AvgIpc) is 3.43. The summed E-state index contributed by atoms with van der Waals surface area (Å²) in [5.41, 5.74) is 0. The molecular formula is C71H120O6. The van der Waals surface area contributed by atoms with Crippen molar-refractivity contribution in [1.82, 2.24) is 0 Å². The maximum absolute atomic E-state index is 12.8. The lowest BCUT2D eigenvalue weighted by molar-refractivity contribution is -0.167. The Balaban J connectivity index is 4.09. The third-order valence-corrected chi connectivity index (χ3v) is 13.8. The molecule has 440 valence electrons. The maximum atomic E-state index is 12.8. The molecule has 1 unspecified atom stereocenters. The molecule has 0 radical (unpaired) electrons. The van der Waals surface area contributed by atoms with E-state index < -0.39 is 6.10 Å². The van der Waals surface area contributed by atoms with Crippen LogP contribution < -0.4 is 0 Å². The highest BCUT2D eigenvalue weighted by atomic mass is 16.6. The fourth-order valence-electron chi connectivity index (χ4n) is 8.99. The second-order valence-electron chi connectivity index (χ2n) is 21.3. The second-order valence-corrected chi connectivity index (χ2v) is 21.3. The van der Waals surface area contributed by atoms with Gasteiger partial charge in [0.1, 0.15) is 13.2 Å². The van der Waals surface area contributed by atoms with E-state index in [1.807, 2.05) is 0 Å². The SMILES string of the molecule is CC/C=C\C/C=C\C/C=C\C/C=C\C/C=C\C/C=C\CCCCCCCCCCCCCCCCCCC(=O)OCC(COC(=O)CCCCCCCCCCCCC)OC(=O)CCCCC/C=C\C/C=C\C/C=C\CC. The molecule has 77 heavy (non-hydrogen) atoms. The predicted octanol–water partition coefficient (Wildman–Crippen LogP) is 22.2. The fourth-order valence-corrected chi connectivity index (χ4v) is 8.99. The number of allylic oxidation sites excluding steroid dienone is 18. The van der Waals surface area contributed by atoms with Crippen LogP contribution in [0.3, 0.4) is 0 Å². The van der Waals surface area contributed by atoms with E-state index in [0.29, 0.717) is 19.3 Å². The highest BCUT2D eigenvalue weighted by molar-refractivity contribution is 5.71. The number of unbranched alkanes of at least 4 members (excludes halogenated alkanes) is 29. The molecule has 0 aromatic carbocycles. The van der Waals surface area contributed by atoms with Gasteiger partial charge in [-0.1, -0.05) is 291 Å². The summed E-state index contributed by atoms with van der Waals surface area (Å²) in [7, 11) is 0. The lowest BCUT2D eigenvalue weighted by atomic mass is 10.0. The van der Waals surface area contributed by atoms with Crippen LogP contribution in [-0.4, -0.2) is 37.2 Å². The molecule has 0 aliphatic heterocycles. The van der Waals surface area contributed by atoms with Crippen LogP contribution in [0.2, 0.25) is 0 Å². The van der Waals surface area contributed by atoms with Crippen molar-refractivity contribution in [3.05, 3.63) is 109 Å². The van der Waals surface area contributed by atoms with Crippen molar-refractivity contribution in [1.29, 1.82) is 0 Å². The third-order valence-electron chi connectivity index (χ3n) is 13.8. The molecule has 0 spiro atoms. The molecule has 0 saturated carbocycles. The molecule has 0 aromatic rings. The summed E-state index contributed by atoms with van der Waals surface area (Å²) in [6.07, 6.45) is 88.4. The highest BCUT2D eigenvalue weighted by Gasteiger charge is 2.19. The molecule has 6 heteroatoms. The quantitative estimate of drug-likeness (QED) is 0.0261. The van der Waals surface area contributed by atoms with Crippen LogP contribution in [0.15, 0.2) is 109 Å². The first kappa shape index (κ1) is 73.1. The lowest BCUT2D eigenvalue weighted by Crippen LogP contribution is -2.30. The zero-order chi connectivity index (χ0) is 55.7. The number of carbonyl (C=O) groups excluding carboxylic acids is 3. The first-order chi connectivity index (χ1) is 38.0. The summed E-state index contributed by atoms with van der Waals surface area (Å²) >= 11 is 0. The Morgan fingerprint density at radius 3 is 0.805 bits per heavy atom. The van der Waals surface area contributed by atoms with Gasteiger partial charge in [-0.15, -0.1) is 0 Å². The Morgan fingerprint density at radius 2 is 0.506 bits per heavy atom. The van der Waals surface area contributed by atoms with Crippen LogP contribution in [-0.2, 0) is 28.6 Å². The van der Waals surface area contributed by atoms with Crippen LogP contribution in [0.1, 0.15) is 303 Å². The topological polar surface area (TPSA) is 78.9 Å². The summed E-state index contributed by atoms with van der Waals surface area (Å²) < 4.78 is 16.8. The number of hydrogen-bond acceptors (Lipinski definition) is 6. The molecule has 0 fully saturated rings. The molecular weight excluding hydrogens is 949 g/mol. The third kappa shape index (κ3) is 62.8. The average molecular weight is 1070 g/mol. The van der Waals surface area contributed by atoms with E-state index in [4.69, 9.17) is 14.2 Å². The van der Waals surface area contributed by atoms with Gasteiger partial charge >= 0.3 is 17.9 Å². The van der Waals surface area contributed by atoms with E-state index in [2.05, 4.69) is 130 Å². The Kier molecular flexibility index (Phi) is 61.3. The molecule has 0 aromatic heterocycles. The van der Waals surface area contributed by atoms with Crippen LogP contribution in [0, 0.1) is 0 Å². The van der Waals surface area contributed by atoms with Crippen molar-refractivity contribution in [3.8, 4) is 0 Å². The minimum atomic E-state index is -0.790. The van der Waals surface area contributed by atoms with Gasteiger partial charge in [0, 0.05) is 19.3 Å². The van der Waals surface area contributed by atoms with Crippen molar-refractivity contribution in [2.24, 2.45) is 0 Å². The molecule has 0 aliphatic rings. The monoisotopic (exact) mass is 1070 g/mol. The fraction of sp³-hybridized carbons (Fsp3) is 0.704. The van der Waals surface area contributed by atoms with Crippen molar-refractivity contribution in [2.45, 2.75) is 309 Å². The molecule has 6 nitrogen and oxygen atoms in total.